The summed E-state index contributed by atoms with van der Waals surface area (Å²) in [6, 6.07) is 55.8. The quantitative estimate of drug-likeness (QED) is 0.182. The van der Waals surface area contributed by atoms with Gasteiger partial charge in [-0.2, -0.15) is 0 Å². The van der Waals surface area contributed by atoms with Crippen LogP contribution in [0.15, 0.2) is 162 Å². The Kier molecular flexibility index (Phi) is 6.06. The van der Waals surface area contributed by atoms with Crippen LogP contribution in [-0.4, -0.2) is 14.5 Å². The van der Waals surface area contributed by atoms with Crippen LogP contribution in [-0.2, 0) is 0 Å². The summed E-state index contributed by atoms with van der Waals surface area (Å²) in [5.74, 6) is 0.820. The summed E-state index contributed by atoms with van der Waals surface area (Å²) in [5.41, 5.74) is 10.9. The highest BCUT2D eigenvalue weighted by atomic mass is 16.3. The molecule has 3 heterocycles. The zero-order valence-corrected chi connectivity index (χ0v) is 26.8. The van der Waals surface area contributed by atoms with Crippen LogP contribution >= 0.6 is 0 Å². The number of nitrogens with zero attached hydrogens (tertiary/aromatic N) is 3. The average Bonchev–Trinajstić information content (AvgIpc) is 3.74. The van der Waals surface area contributed by atoms with E-state index in [1.54, 1.807) is 0 Å². The minimum Gasteiger partial charge on any atom is -0.437 e. The van der Waals surface area contributed by atoms with Gasteiger partial charge in [-0.05, 0) is 58.7 Å². The Morgan fingerprint density at radius 2 is 1.12 bits per heavy atom. The number of hydrogen-bond donors (Lipinski definition) is 0. The number of hydrogen-bond acceptors (Lipinski definition) is 3. The highest BCUT2D eigenvalue weighted by Gasteiger charge is 2.25. The zero-order chi connectivity index (χ0) is 32.5. The fourth-order valence-corrected chi connectivity index (χ4v) is 7.46. The Labute approximate surface area is 282 Å². The minimum atomic E-state index is 0.636. The van der Waals surface area contributed by atoms with Gasteiger partial charge in [0.1, 0.15) is 11.4 Å². The van der Waals surface area contributed by atoms with Gasteiger partial charge in [-0.15, -0.1) is 0 Å². The molecule has 0 spiro atoms. The second-order valence-corrected chi connectivity index (χ2v) is 12.6. The van der Waals surface area contributed by atoms with Crippen molar-refractivity contribution in [2.24, 2.45) is 0 Å². The predicted molar refractivity (Wildman–Crippen MR) is 202 cm³/mol. The molecule has 0 N–H and O–H groups in total. The van der Waals surface area contributed by atoms with Gasteiger partial charge in [0.05, 0.1) is 22.3 Å². The van der Waals surface area contributed by atoms with Crippen molar-refractivity contribution < 1.29 is 4.42 Å². The van der Waals surface area contributed by atoms with Crippen molar-refractivity contribution in [1.82, 2.24) is 14.5 Å². The van der Waals surface area contributed by atoms with Crippen LogP contribution in [0.2, 0.25) is 0 Å². The molecule has 10 rings (SSSR count). The normalized spacial score (nSPS) is 11.8. The van der Waals surface area contributed by atoms with Gasteiger partial charge in [0, 0.05) is 32.8 Å². The van der Waals surface area contributed by atoms with Crippen LogP contribution < -0.4 is 0 Å². The van der Waals surface area contributed by atoms with E-state index in [-0.39, 0.29) is 0 Å². The van der Waals surface area contributed by atoms with E-state index in [4.69, 9.17) is 14.4 Å². The molecule has 49 heavy (non-hydrogen) atoms. The maximum atomic E-state index is 6.62. The highest BCUT2D eigenvalue weighted by molar-refractivity contribution is 6.24. The Hall–Kier alpha value is -6.52. The highest BCUT2D eigenvalue weighted by Crippen LogP contribution is 2.44. The van der Waals surface area contributed by atoms with E-state index >= 15 is 0 Å². The number of furan rings is 1. The third-order valence-electron chi connectivity index (χ3n) is 9.71. The first-order valence-corrected chi connectivity index (χ1v) is 16.6. The van der Waals surface area contributed by atoms with Crippen LogP contribution in [0, 0.1) is 6.92 Å². The molecule has 4 heteroatoms. The standard InChI is InChI=1S/C45H29N3O/c1-28-23-25-38-37-21-12-22-39(43(37)49-45(38)46-28)44-47-41-35-19-10-8-17-33(35)34-18-9-11-20-36(34)42(41)48(44)40-27-31(29-13-4-2-5-14-29)24-26-32(40)30-15-6-3-7-16-30/h2-27H,1H3. The first kappa shape index (κ1) is 27.6. The van der Waals surface area contributed by atoms with E-state index in [1.807, 2.05) is 13.0 Å². The number of rotatable bonds is 4. The molecule has 0 fully saturated rings. The van der Waals surface area contributed by atoms with Crippen molar-refractivity contribution in [3.8, 4) is 39.3 Å². The van der Waals surface area contributed by atoms with Crippen LogP contribution in [0.5, 0.6) is 0 Å². The van der Waals surface area contributed by atoms with Crippen molar-refractivity contribution >= 4 is 54.6 Å². The average molecular weight is 628 g/mol. The first-order valence-electron chi connectivity index (χ1n) is 16.6. The second-order valence-electron chi connectivity index (χ2n) is 12.6. The van der Waals surface area contributed by atoms with Crippen LogP contribution in [0.25, 0.3) is 94.0 Å². The van der Waals surface area contributed by atoms with E-state index in [9.17, 15) is 0 Å². The summed E-state index contributed by atoms with van der Waals surface area (Å²) in [4.78, 5) is 10.4. The van der Waals surface area contributed by atoms with E-state index < -0.39 is 0 Å². The van der Waals surface area contributed by atoms with Gasteiger partial charge in [-0.25, -0.2) is 9.97 Å². The minimum absolute atomic E-state index is 0.636. The van der Waals surface area contributed by atoms with Gasteiger partial charge in [0.2, 0.25) is 5.71 Å². The molecule has 0 saturated carbocycles. The zero-order valence-electron chi connectivity index (χ0n) is 26.8. The number of pyridine rings is 1. The molecule has 230 valence electrons. The molecule has 0 unspecified atom stereocenters. The van der Waals surface area contributed by atoms with Crippen molar-refractivity contribution in [3.05, 3.63) is 163 Å². The predicted octanol–water partition coefficient (Wildman–Crippen LogP) is 11.9. The second kappa shape index (κ2) is 10.8. The fourth-order valence-electron chi connectivity index (χ4n) is 7.46. The maximum Gasteiger partial charge on any atom is 0.227 e. The Morgan fingerprint density at radius 1 is 0.469 bits per heavy atom. The van der Waals surface area contributed by atoms with Gasteiger partial charge >= 0.3 is 0 Å². The summed E-state index contributed by atoms with van der Waals surface area (Å²) in [6.45, 7) is 1.99. The van der Waals surface area contributed by atoms with Crippen LogP contribution in [0.4, 0.5) is 0 Å². The lowest BCUT2D eigenvalue weighted by Crippen LogP contribution is -2.02. The third kappa shape index (κ3) is 4.24. The van der Waals surface area contributed by atoms with Gasteiger partial charge in [-0.3, -0.25) is 4.57 Å². The van der Waals surface area contributed by atoms with Gasteiger partial charge < -0.3 is 4.42 Å². The molecule has 7 aromatic carbocycles. The SMILES string of the molecule is Cc1ccc2c(n1)oc1c(-c3nc4c5ccccc5c5ccccc5c4n3-c3cc(-c4ccccc4)ccc3-c3ccccc3)cccc12. The Bertz CT molecular complexity index is 2880. The number of para-hydroxylation sites is 1. The molecule has 4 nitrogen and oxygen atoms in total. The Morgan fingerprint density at radius 3 is 1.90 bits per heavy atom. The summed E-state index contributed by atoms with van der Waals surface area (Å²) in [6.07, 6.45) is 0. The molecular weight excluding hydrogens is 599 g/mol. The maximum absolute atomic E-state index is 6.62. The molecule has 3 aromatic heterocycles. The lowest BCUT2D eigenvalue weighted by atomic mass is 9.97. The Balaban J connectivity index is 1.42. The van der Waals surface area contributed by atoms with Gasteiger partial charge in [-0.1, -0.05) is 133 Å². The van der Waals surface area contributed by atoms with Gasteiger partial charge in [0.25, 0.3) is 0 Å². The molecule has 0 amide bonds. The summed E-state index contributed by atoms with van der Waals surface area (Å²) in [7, 11) is 0. The van der Waals surface area contributed by atoms with E-state index in [0.29, 0.717) is 5.71 Å². The molecule has 0 bridgehead atoms. The van der Waals surface area contributed by atoms with Crippen molar-refractivity contribution in [2.45, 2.75) is 6.92 Å². The molecule has 0 atom stereocenters. The largest absolute Gasteiger partial charge is 0.437 e. The topological polar surface area (TPSA) is 43.9 Å². The molecular formula is C45H29N3O. The van der Waals surface area contributed by atoms with E-state index in [1.165, 1.54) is 10.8 Å². The molecule has 0 radical (unpaired) electrons. The van der Waals surface area contributed by atoms with Gasteiger partial charge in [0.15, 0.2) is 0 Å². The van der Waals surface area contributed by atoms with E-state index in [2.05, 4.69) is 156 Å². The molecule has 10 aromatic rings. The van der Waals surface area contributed by atoms with Crippen LogP contribution in [0.1, 0.15) is 5.69 Å². The lowest BCUT2D eigenvalue weighted by molar-refractivity contribution is 0.653. The summed E-state index contributed by atoms with van der Waals surface area (Å²) < 4.78 is 9.00. The molecule has 0 aliphatic carbocycles. The van der Waals surface area contributed by atoms with Crippen molar-refractivity contribution in [2.75, 3.05) is 0 Å². The number of fused-ring (bicyclic) bond motifs is 9. The number of benzene rings is 7. The number of aryl methyl sites for hydroxylation is 1. The summed E-state index contributed by atoms with van der Waals surface area (Å²) >= 11 is 0. The van der Waals surface area contributed by atoms with Crippen LogP contribution in [0.3, 0.4) is 0 Å². The molecule has 0 aliphatic heterocycles. The first-order chi connectivity index (χ1) is 24.2. The van der Waals surface area contributed by atoms with Crippen molar-refractivity contribution in [3.63, 3.8) is 0 Å². The fraction of sp³-hybridized carbons (Fsp3) is 0.0222. The monoisotopic (exact) mass is 627 g/mol. The third-order valence-corrected chi connectivity index (χ3v) is 9.71. The molecule has 0 saturated heterocycles. The number of aromatic nitrogens is 3. The van der Waals surface area contributed by atoms with Crippen molar-refractivity contribution in [1.29, 1.82) is 0 Å². The molecule has 0 aliphatic rings. The smallest absolute Gasteiger partial charge is 0.227 e. The summed E-state index contributed by atoms with van der Waals surface area (Å²) in [5, 5.41) is 6.66. The lowest BCUT2D eigenvalue weighted by Gasteiger charge is -2.18. The number of imidazole rings is 1. The van der Waals surface area contributed by atoms with E-state index in [0.717, 1.165) is 83.2 Å².